The number of carbonyl (C=O) groups excluding carboxylic acids is 1. The standard InChI is InChI=1S/C29H32N2O4/c1-35-26-16-15-20(18-25(26)19-9-8-10-21(17-19)29(33)34)27-23-13-6-7-14-24(23)28(32)31(30-27)22-11-4-2-3-5-12-22/h6-10,15-18,22-24H,2-5,11-14H2,1H3,(H,33,34)/t23-,24+/m0/s1. The van der Waals surface area contributed by atoms with Crippen molar-refractivity contribution in [3.63, 3.8) is 0 Å². The number of hydrogen-bond acceptors (Lipinski definition) is 4. The van der Waals surface area contributed by atoms with Crippen molar-refractivity contribution in [3.05, 3.63) is 65.7 Å². The topological polar surface area (TPSA) is 79.2 Å². The lowest BCUT2D eigenvalue weighted by atomic mass is 9.76. The van der Waals surface area contributed by atoms with Crippen molar-refractivity contribution in [1.29, 1.82) is 0 Å². The van der Waals surface area contributed by atoms with Crippen molar-refractivity contribution in [1.82, 2.24) is 5.01 Å². The third-order valence-electron chi connectivity index (χ3n) is 7.63. The summed E-state index contributed by atoms with van der Waals surface area (Å²) in [6.07, 6.45) is 12.6. The van der Waals surface area contributed by atoms with Gasteiger partial charge in [0.2, 0.25) is 5.91 Å². The van der Waals surface area contributed by atoms with Crippen LogP contribution in [0.25, 0.3) is 11.1 Å². The molecule has 2 atom stereocenters. The molecule has 2 aliphatic carbocycles. The molecule has 0 aromatic heterocycles. The zero-order valence-corrected chi connectivity index (χ0v) is 20.2. The Hall–Kier alpha value is -3.41. The molecular weight excluding hydrogens is 440 g/mol. The number of carboxylic acid groups (broad SMARTS) is 1. The summed E-state index contributed by atoms with van der Waals surface area (Å²) in [5.74, 6) is -0.173. The van der Waals surface area contributed by atoms with E-state index < -0.39 is 5.97 Å². The molecule has 1 fully saturated rings. The number of carbonyl (C=O) groups is 2. The van der Waals surface area contributed by atoms with E-state index in [9.17, 15) is 14.7 Å². The second kappa shape index (κ2) is 10.1. The number of aromatic carboxylic acids is 1. The molecule has 3 aliphatic rings. The van der Waals surface area contributed by atoms with Gasteiger partial charge in [0.25, 0.3) is 0 Å². The highest BCUT2D eigenvalue weighted by atomic mass is 16.5. The molecule has 1 amide bonds. The van der Waals surface area contributed by atoms with Crippen molar-refractivity contribution in [3.8, 4) is 16.9 Å². The van der Waals surface area contributed by atoms with Crippen LogP contribution in [0.2, 0.25) is 0 Å². The van der Waals surface area contributed by atoms with Crippen molar-refractivity contribution in [2.45, 2.75) is 57.4 Å². The van der Waals surface area contributed by atoms with E-state index in [1.807, 2.05) is 29.3 Å². The Morgan fingerprint density at radius 2 is 1.71 bits per heavy atom. The fourth-order valence-corrected chi connectivity index (χ4v) is 5.75. The monoisotopic (exact) mass is 472 g/mol. The number of rotatable bonds is 5. The molecular formula is C29H32N2O4. The second-order valence-corrected chi connectivity index (χ2v) is 9.77. The zero-order chi connectivity index (χ0) is 24.4. The number of carboxylic acids is 1. The number of nitrogens with zero attached hydrogens (tertiary/aromatic N) is 2. The summed E-state index contributed by atoms with van der Waals surface area (Å²) in [6, 6.07) is 13.0. The number of hydrogen-bond donors (Lipinski definition) is 1. The Bertz CT molecular complexity index is 1180. The van der Waals surface area contributed by atoms with Crippen LogP contribution in [0.3, 0.4) is 0 Å². The number of fused-ring (bicyclic) bond motifs is 1. The largest absolute Gasteiger partial charge is 0.496 e. The number of ether oxygens (including phenoxy) is 1. The van der Waals surface area contributed by atoms with Crippen LogP contribution in [0.5, 0.6) is 5.75 Å². The van der Waals surface area contributed by atoms with Gasteiger partial charge in [0, 0.05) is 11.5 Å². The molecule has 6 nitrogen and oxygen atoms in total. The highest BCUT2D eigenvalue weighted by molar-refractivity contribution is 6.08. The molecule has 35 heavy (non-hydrogen) atoms. The maximum atomic E-state index is 13.5. The highest BCUT2D eigenvalue weighted by Crippen LogP contribution is 2.39. The average molecular weight is 473 g/mol. The van der Waals surface area contributed by atoms with Crippen LogP contribution in [-0.2, 0) is 4.79 Å². The van der Waals surface area contributed by atoms with Crippen LogP contribution >= 0.6 is 0 Å². The van der Waals surface area contributed by atoms with Gasteiger partial charge in [-0.3, -0.25) is 4.79 Å². The number of hydrazone groups is 1. The van der Waals surface area contributed by atoms with Gasteiger partial charge in [-0.15, -0.1) is 0 Å². The van der Waals surface area contributed by atoms with Crippen molar-refractivity contribution in [2.24, 2.45) is 16.9 Å². The fourth-order valence-electron chi connectivity index (χ4n) is 5.75. The van der Waals surface area contributed by atoms with E-state index in [-0.39, 0.29) is 29.3 Å². The average Bonchev–Trinajstić information content (AvgIpc) is 3.18. The summed E-state index contributed by atoms with van der Waals surface area (Å²) >= 11 is 0. The second-order valence-electron chi connectivity index (χ2n) is 9.77. The lowest BCUT2D eigenvalue weighted by molar-refractivity contribution is -0.140. The van der Waals surface area contributed by atoms with Gasteiger partial charge < -0.3 is 9.84 Å². The molecule has 0 unspecified atom stereocenters. The molecule has 1 heterocycles. The van der Waals surface area contributed by atoms with E-state index in [1.165, 1.54) is 12.8 Å². The number of methoxy groups -OCH3 is 1. The lowest BCUT2D eigenvalue weighted by Gasteiger charge is -2.40. The Kier molecular flexibility index (Phi) is 6.71. The van der Waals surface area contributed by atoms with Crippen LogP contribution in [0, 0.1) is 11.8 Å². The Morgan fingerprint density at radius 1 is 0.971 bits per heavy atom. The minimum Gasteiger partial charge on any atom is -0.496 e. The smallest absolute Gasteiger partial charge is 0.335 e. The van der Waals surface area contributed by atoms with Crippen molar-refractivity contribution in [2.75, 3.05) is 7.11 Å². The van der Waals surface area contributed by atoms with E-state index in [0.717, 1.165) is 60.9 Å². The third-order valence-corrected chi connectivity index (χ3v) is 7.63. The molecule has 1 aliphatic heterocycles. The summed E-state index contributed by atoms with van der Waals surface area (Å²) in [5, 5.41) is 16.3. The van der Waals surface area contributed by atoms with Gasteiger partial charge in [0.1, 0.15) is 5.75 Å². The fraction of sp³-hybridized carbons (Fsp3) is 0.414. The predicted octanol–water partition coefficient (Wildman–Crippen LogP) is 5.91. The Morgan fingerprint density at radius 3 is 2.43 bits per heavy atom. The Labute approximate surface area is 206 Å². The van der Waals surface area contributed by atoms with E-state index in [1.54, 1.807) is 25.3 Å². The maximum Gasteiger partial charge on any atom is 0.335 e. The SMILES string of the molecule is COc1ccc(C2=NN(C3CCCCCC3)C(=O)[C@@H]3CC=CC[C@H]23)cc1-c1cccc(C(=O)O)c1. The first-order valence-electron chi connectivity index (χ1n) is 12.7. The van der Waals surface area contributed by atoms with Crippen LogP contribution in [0.1, 0.15) is 67.3 Å². The molecule has 0 spiro atoms. The molecule has 0 bridgehead atoms. The van der Waals surface area contributed by atoms with E-state index in [2.05, 4.69) is 12.2 Å². The summed E-state index contributed by atoms with van der Waals surface area (Å²) in [5.41, 5.74) is 3.72. The molecule has 1 N–H and O–H groups in total. The molecule has 6 heteroatoms. The maximum absolute atomic E-state index is 13.5. The molecule has 0 saturated heterocycles. The zero-order valence-electron chi connectivity index (χ0n) is 20.2. The number of allylic oxidation sites excluding steroid dienone is 2. The van der Waals surface area contributed by atoms with E-state index in [0.29, 0.717) is 5.75 Å². The van der Waals surface area contributed by atoms with Crippen LogP contribution in [0.4, 0.5) is 0 Å². The first-order valence-corrected chi connectivity index (χ1v) is 12.7. The summed E-state index contributed by atoms with van der Waals surface area (Å²) < 4.78 is 5.63. The summed E-state index contributed by atoms with van der Waals surface area (Å²) in [7, 11) is 1.62. The van der Waals surface area contributed by atoms with Gasteiger partial charge in [-0.1, -0.05) is 50.0 Å². The van der Waals surface area contributed by atoms with E-state index in [4.69, 9.17) is 9.84 Å². The third kappa shape index (κ3) is 4.62. The number of benzene rings is 2. The Balaban J connectivity index is 1.59. The molecule has 1 saturated carbocycles. The van der Waals surface area contributed by atoms with Gasteiger partial charge in [-0.2, -0.15) is 5.10 Å². The minimum absolute atomic E-state index is 0.0427. The van der Waals surface area contributed by atoms with Crippen molar-refractivity contribution >= 4 is 17.6 Å². The molecule has 2 aromatic rings. The predicted molar refractivity (Wildman–Crippen MR) is 136 cm³/mol. The number of amides is 1. The summed E-state index contributed by atoms with van der Waals surface area (Å²) in [6.45, 7) is 0. The van der Waals surface area contributed by atoms with Gasteiger partial charge in [0.05, 0.1) is 30.3 Å². The molecule has 5 rings (SSSR count). The van der Waals surface area contributed by atoms with Crippen LogP contribution in [-0.4, -0.2) is 40.9 Å². The van der Waals surface area contributed by atoms with Gasteiger partial charge in [-0.05, 0) is 67.1 Å². The summed E-state index contributed by atoms with van der Waals surface area (Å²) in [4.78, 5) is 25.1. The lowest BCUT2D eigenvalue weighted by Crippen LogP contribution is -2.49. The first-order chi connectivity index (χ1) is 17.1. The van der Waals surface area contributed by atoms with Gasteiger partial charge in [0.15, 0.2) is 0 Å². The highest BCUT2D eigenvalue weighted by Gasteiger charge is 2.42. The van der Waals surface area contributed by atoms with Gasteiger partial charge >= 0.3 is 5.97 Å². The van der Waals surface area contributed by atoms with Gasteiger partial charge in [-0.25, -0.2) is 9.80 Å². The normalized spacial score (nSPS) is 22.8. The molecule has 2 aromatic carbocycles. The first kappa shape index (κ1) is 23.3. The van der Waals surface area contributed by atoms with E-state index >= 15 is 0 Å². The molecule has 0 radical (unpaired) electrons. The van der Waals surface area contributed by atoms with Crippen LogP contribution in [0.15, 0.2) is 59.7 Å². The van der Waals surface area contributed by atoms with Crippen LogP contribution < -0.4 is 4.74 Å². The molecule has 182 valence electrons. The quantitative estimate of drug-likeness (QED) is 0.433. The van der Waals surface area contributed by atoms with Crippen molar-refractivity contribution < 1.29 is 19.4 Å². The minimum atomic E-state index is -0.965.